The van der Waals surface area contributed by atoms with Gasteiger partial charge in [-0.1, -0.05) is 59.6 Å². The summed E-state index contributed by atoms with van der Waals surface area (Å²) in [5.41, 5.74) is 3.90. The number of carbonyl (C=O) groups excluding carboxylic acids is 1. The SMILES string of the molecule is N#Cc1c(NC(=O)c2ccccc2Cl)n(CCc2cccc(Cl)c2)c2nc3ccccc3nc12. The van der Waals surface area contributed by atoms with Crippen molar-refractivity contribution in [3.8, 4) is 6.07 Å². The van der Waals surface area contributed by atoms with E-state index < -0.39 is 5.91 Å². The van der Waals surface area contributed by atoms with Crippen LogP contribution in [0, 0.1) is 11.3 Å². The third-order valence-electron chi connectivity index (χ3n) is 5.53. The zero-order valence-electron chi connectivity index (χ0n) is 17.8. The van der Waals surface area contributed by atoms with Crippen molar-refractivity contribution in [3.63, 3.8) is 0 Å². The highest BCUT2D eigenvalue weighted by atomic mass is 35.5. The molecule has 166 valence electrons. The summed E-state index contributed by atoms with van der Waals surface area (Å²) in [6.07, 6.45) is 0.610. The lowest BCUT2D eigenvalue weighted by Gasteiger charge is -2.12. The van der Waals surface area contributed by atoms with Crippen molar-refractivity contribution in [2.75, 3.05) is 5.32 Å². The van der Waals surface area contributed by atoms with Crippen LogP contribution in [0.25, 0.3) is 22.2 Å². The van der Waals surface area contributed by atoms with Crippen LogP contribution >= 0.6 is 23.2 Å². The minimum Gasteiger partial charge on any atom is -0.309 e. The van der Waals surface area contributed by atoms with Crippen LogP contribution < -0.4 is 5.32 Å². The Hall–Kier alpha value is -3.92. The van der Waals surface area contributed by atoms with Crippen LogP contribution in [0.15, 0.2) is 72.8 Å². The van der Waals surface area contributed by atoms with E-state index in [4.69, 9.17) is 33.2 Å². The van der Waals surface area contributed by atoms with Crippen LogP contribution in [0.2, 0.25) is 10.0 Å². The van der Waals surface area contributed by atoms with Gasteiger partial charge in [0.05, 0.1) is 21.6 Å². The Balaban J connectivity index is 1.65. The van der Waals surface area contributed by atoms with Gasteiger partial charge in [-0.3, -0.25) is 4.79 Å². The molecule has 6 nitrogen and oxygen atoms in total. The van der Waals surface area contributed by atoms with Crippen LogP contribution in [0.4, 0.5) is 5.82 Å². The molecular formula is C26H17Cl2N5O. The third-order valence-corrected chi connectivity index (χ3v) is 6.09. The topological polar surface area (TPSA) is 83.6 Å². The van der Waals surface area contributed by atoms with Crippen molar-refractivity contribution in [2.24, 2.45) is 0 Å². The Morgan fingerprint density at radius 2 is 1.71 bits per heavy atom. The second-order valence-electron chi connectivity index (χ2n) is 7.69. The zero-order chi connectivity index (χ0) is 23.7. The smallest absolute Gasteiger partial charge is 0.258 e. The fourth-order valence-electron chi connectivity index (χ4n) is 3.91. The first-order valence-electron chi connectivity index (χ1n) is 10.5. The molecule has 34 heavy (non-hydrogen) atoms. The van der Waals surface area contributed by atoms with E-state index in [2.05, 4.69) is 11.4 Å². The Morgan fingerprint density at radius 3 is 2.44 bits per heavy atom. The van der Waals surface area contributed by atoms with Crippen molar-refractivity contribution < 1.29 is 4.79 Å². The monoisotopic (exact) mass is 485 g/mol. The number of aryl methyl sites for hydroxylation is 2. The molecule has 0 spiro atoms. The lowest BCUT2D eigenvalue weighted by atomic mass is 10.1. The summed E-state index contributed by atoms with van der Waals surface area (Å²) >= 11 is 12.4. The maximum absolute atomic E-state index is 13.1. The van der Waals surface area contributed by atoms with E-state index in [1.165, 1.54) is 0 Å². The summed E-state index contributed by atoms with van der Waals surface area (Å²) in [4.78, 5) is 22.6. The molecule has 0 radical (unpaired) electrons. The van der Waals surface area contributed by atoms with Crippen LogP contribution in [0.1, 0.15) is 21.5 Å². The van der Waals surface area contributed by atoms with Gasteiger partial charge in [-0.15, -0.1) is 0 Å². The summed E-state index contributed by atoms with van der Waals surface area (Å²) in [6.45, 7) is 0.448. The molecule has 0 atom stereocenters. The number of amides is 1. The largest absolute Gasteiger partial charge is 0.309 e. The van der Waals surface area contributed by atoms with Gasteiger partial charge in [-0.05, 0) is 48.4 Å². The number of hydrogen-bond donors (Lipinski definition) is 1. The lowest BCUT2D eigenvalue weighted by Crippen LogP contribution is -2.17. The summed E-state index contributed by atoms with van der Waals surface area (Å²) in [5, 5.41) is 13.9. The second kappa shape index (κ2) is 9.14. The molecule has 0 saturated heterocycles. The van der Waals surface area contributed by atoms with Gasteiger partial charge in [0.25, 0.3) is 5.91 Å². The molecule has 1 N–H and O–H groups in total. The van der Waals surface area contributed by atoms with E-state index in [1.807, 2.05) is 53.1 Å². The predicted octanol–water partition coefficient (Wildman–Crippen LogP) is 6.26. The number of hydrogen-bond acceptors (Lipinski definition) is 4. The highest BCUT2D eigenvalue weighted by Gasteiger charge is 2.23. The minimum atomic E-state index is -0.418. The van der Waals surface area contributed by atoms with E-state index in [0.717, 1.165) is 5.56 Å². The van der Waals surface area contributed by atoms with Crippen LogP contribution in [-0.4, -0.2) is 20.4 Å². The molecule has 0 bridgehead atoms. The molecule has 0 unspecified atom stereocenters. The normalized spacial score (nSPS) is 11.0. The maximum atomic E-state index is 13.1. The Morgan fingerprint density at radius 1 is 0.971 bits per heavy atom. The van der Waals surface area contributed by atoms with Gasteiger partial charge in [0.2, 0.25) is 0 Å². The number of anilines is 1. The second-order valence-corrected chi connectivity index (χ2v) is 8.53. The van der Waals surface area contributed by atoms with E-state index in [9.17, 15) is 10.1 Å². The average Bonchev–Trinajstić information content (AvgIpc) is 3.12. The Kier molecular flexibility index (Phi) is 5.89. The molecule has 0 saturated carbocycles. The highest BCUT2D eigenvalue weighted by molar-refractivity contribution is 6.34. The highest BCUT2D eigenvalue weighted by Crippen LogP contribution is 2.30. The number of carbonyl (C=O) groups is 1. The number of halogens is 2. The van der Waals surface area contributed by atoms with Crippen LogP contribution in [0.3, 0.4) is 0 Å². The first kappa shape index (κ1) is 21.9. The molecule has 0 aliphatic carbocycles. The van der Waals surface area contributed by atoms with Gasteiger partial charge >= 0.3 is 0 Å². The van der Waals surface area contributed by atoms with Gasteiger partial charge in [-0.25, -0.2) is 9.97 Å². The molecule has 2 aromatic heterocycles. The van der Waals surface area contributed by atoms with E-state index in [-0.39, 0.29) is 5.56 Å². The molecule has 5 aromatic rings. The van der Waals surface area contributed by atoms with Crippen molar-refractivity contribution in [1.82, 2.24) is 14.5 Å². The number of nitrogens with one attached hydrogen (secondary N) is 1. The number of fused-ring (bicyclic) bond motifs is 2. The Bertz CT molecular complexity index is 1600. The molecule has 2 heterocycles. The van der Waals surface area contributed by atoms with Crippen molar-refractivity contribution >= 4 is 57.1 Å². The van der Waals surface area contributed by atoms with Crippen LogP contribution in [-0.2, 0) is 13.0 Å². The quantitative estimate of drug-likeness (QED) is 0.318. The average molecular weight is 486 g/mol. The number of rotatable bonds is 5. The van der Waals surface area contributed by atoms with Crippen LogP contribution in [0.5, 0.6) is 0 Å². The fraction of sp³-hybridized carbons (Fsp3) is 0.0769. The summed E-state index contributed by atoms with van der Waals surface area (Å²) < 4.78 is 1.82. The van der Waals surface area contributed by atoms with Gasteiger partial charge in [-0.2, -0.15) is 5.26 Å². The van der Waals surface area contributed by atoms with Gasteiger partial charge in [0.1, 0.15) is 23.0 Å². The number of nitrogens with zero attached hydrogens (tertiary/aromatic N) is 4. The fourth-order valence-corrected chi connectivity index (χ4v) is 4.34. The van der Waals surface area contributed by atoms with E-state index >= 15 is 0 Å². The number of aromatic nitrogens is 3. The standard InChI is InChI=1S/C26H17Cl2N5O/c27-17-7-5-6-16(14-17)12-13-33-24(32-26(34)18-8-1-2-9-20(18)28)19(15-29)23-25(33)31-22-11-4-3-10-21(22)30-23/h1-11,14H,12-13H2,(H,32,34). The van der Waals surface area contributed by atoms with E-state index in [0.29, 0.717) is 56.6 Å². The first-order chi connectivity index (χ1) is 16.5. The van der Waals surface area contributed by atoms with Crippen molar-refractivity contribution in [3.05, 3.63) is 99.5 Å². The molecule has 0 aliphatic rings. The van der Waals surface area contributed by atoms with Gasteiger partial charge < -0.3 is 9.88 Å². The molecule has 5 rings (SSSR count). The number of benzene rings is 3. The molecule has 0 fully saturated rings. The molecule has 0 aliphatic heterocycles. The van der Waals surface area contributed by atoms with Gasteiger partial charge in [0.15, 0.2) is 5.65 Å². The van der Waals surface area contributed by atoms with Gasteiger partial charge in [0, 0.05) is 11.6 Å². The zero-order valence-corrected chi connectivity index (χ0v) is 19.3. The lowest BCUT2D eigenvalue weighted by molar-refractivity contribution is 0.102. The van der Waals surface area contributed by atoms with E-state index in [1.54, 1.807) is 24.3 Å². The first-order valence-corrected chi connectivity index (χ1v) is 11.3. The molecular weight excluding hydrogens is 469 g/mol. The maximum Gasteiger partial charge on any atom is 0.258 e. The predicted molar refractivity (Wildman–Crippen MR) is 134 cm³/mol. The summed E-state index contributed by atoms with van der Waals surface area (Å²) in [5.74, 6) is -0.0850. The number of para-hydroxylation sites is 2. The third kappa shape index (κ3) is 4.08. The molecule has 3 aromatic carbocycles. The number of nitriles is 1. The Labute approximate surface area is 205 Å². The molecule has 1 amide bonds. The van der Waals surface area contributed by atoms with Crippen molar-refractivity contribution in [2.45, 2.75) is 13.0 Å². The minimum absolute atomic E-state index is 0.250. The van der Waals surface area contributed by atoms with Crippen molar-refractivity contribution in [1.29, 1.82) is 5.26 Å². The molecule has 8 heteroatoms. The summed E-state index contributed by atoms with van der Waals surface area (Å²) in [7, 11) is 0. The summed E-state index contributed by atoms with van der Waals surface area (Å²) in [6, 6.07) is 24.0.